The number of benzene rings is 1. The van der Waals surface area contributed by atoms with Crippen molar-refractivity contribution >= 4 is 34.0 Å². The number of aromatic hydroxyl groups is 1. The molecule has 0 atom stereocenters. The number of nitrogens with zero attached hydrogens (tertiary/aromatic N) is 3. The lowest BCUT2D eigenvalue weighted by Crippen LogP contribution is -2.04. The summed E-state index contributed by atoms with van der Waals surface area (Å²) in [5.74, 6) is -0.216. The first-order valence-corrected chi connectivity index (χ1v) is 7.37. The third kappa shape index (κ3) is 6.87. The highest BCUT2D eigenvalue weighted by Gasteiger charge is 2.30. The van der Waals surface area contributed by atoms with E-state index >= 15 is 0 Å². The fraction of sp³-hybridized carbons (Fsp3) is 0.364. The van der Waals surface area contributed by atoms with Crippen molar-refractivity contribution < 1.29 is 19.9 Å². The smallest absolute Gasteiger partial charge is 0.324 e. The maximum Gasteiger partial charge on any atom is 0.324 e. The standard InChI is InChI=1S/C6H3N3O7.C5H12N2S/c10-6-4(8(13)14)1-3(7(11)12)2-5(6)9(15)16;1-2-3-4-8-5(6)7/h1-2,10H;2-4H2,1H3,(H3,6,7). The number of nitro groups is 3. The second-order valence-electron chi connectivity index (χ2n) is 4.17. The van der Waals surface area contributed by atoms with Crippen molar-refractivity contribution in [2.75, 3.05) is 5.75 Å². The molecular weight excluding hydrogens is 346 g/mol. The van der Waals surface area contributed by atoms with E-state index in [1.165, 1.54) is 18.2 Å². The third-order valence-electron chi connectivity index (χ3n) is 2.41. The largest absolute Gasteiger partial charge is 0.497 e. The van der Waals surface area contributed by atoms with Crippen LogP contribution in [0.15, 0.2) is 12.1 Å². The minimum atomic E-state index is -1.21. The van der Waals surface area contributed by atoms with Gasteiger partial charge in [0.1, 0.15) is 0 Å². The van der Waals surface area contributed by atoms with E-state index < -0.39 is 37.6 Å². The van der Waals surface area contributed by atoms with Gasteiger partial charge in [-0.25, -0.2) is 0 Å². The summed E-state index contributed by atoms with van der Waals surface area (Å²) in [4.78, 5) is 27.8. The number of amidine groups is 1. The first kappa shape index (κ1) is 21.0. The molecule has 12 nitrogen and oxygen atoms in total. The topological polar surface area (TPSA) is 200 Å². The van der Waals surface area contributed by atoms with Gasteiger partial charge in [-0.2, -0.15) is 0 Å². The number of nitrogens with one attached hydrogen (secondary N) is 1. The number of unbranched alkanes of at least 4 members (excludes halogenated alkanes) is 1. The number of hydrogen-bond acceptors (Lipinski definition) is 9. The van der Waals surface area contributed by atoms with Gasteiger partial charge in [-0.05, 0) is 6.42 Å². The summed E-state index contributed by atoms with van der Waals surface area (Å²) in [7, 11) is 0. The Morgan fingerprint density at radius 3 is 1.92 bits per heavy atom. The summed E-state index contributed by atoms with van der Waals surface area (Å²) in [5, 5.41) is 47.3. The summed E-state index contributed by atoms with van der Waals surface area (Å²) >= 11 is 1.42. The molecule has 1 aromatic rings. The second-order valence-corrected chi connectivity index (χ2v) is 5.31. The number of phenols is 1. The fourth-order valence-electron chi connectivity index (χ4n) is 1.30. The van der Waals surface area contributed by atoms with Crippen LogP contribution in [0.5, 0.6) is 5.75 Å². The summed E-state index contributed by atoms with van der Waals surface area (Å²) < 4.78 is 0. The van der Waals surface area contributed by atoms with Crippen molar-refractivity contribution in [3.8, 4) is 5.75 Å². The highest BCUT2D eigenvalue weighted by molar-refractivity contribution is 8.13. The normalized spacial score (nSPS) is 9.54. The van der Waals surface area contributed by atoms with Crippen LogP contribution in [0, 0.1) is 35.8 Å². The van der Waals surface area contributed by atoms with Crippen LogP contribution in [0.4, 0.5) is 17.1 Å². The van der Waals surface area contributed by atoms with Crippen molar-refractivity contribution in [2.24, 2.45) is 5.73 Å². The third-order valence-corrected chi connectivity index (χ3v) is 3.22. The Labute approximate surface area is 139 Å². The maximum absolute atomic E-state index is 10.4. The van der Waals surface area contributed by atoms with Gasteiger partial charge < -0.3 is 10.8 Å². The Hall–Kier alpha value is -2.96. The van der Waals surface area contributed by atoms with E-state index in [4.69, 9.17) is 16.2 Å². The number of non-ortho nitro benzene ring substituents is 1. The number of nitrogens with two attached hydrogens (primary N) is 1. The molecule has 0 amide bonds. The molecular formula is C11H15N5O7S. The molecule has 0 spiro atoms. The van der Waals surface area contributed by atoms with Crippen LogP contribution in [0.3, 0.4) is 0 Å². The molecule has 0 saturated heterocycles. The van der Waals surface area contributed by atoms with Gasteiger partial charge in [-0.3, -0.25) is 35.8 Å². The van der Waals surface area contributed by atoms with Gasteiger partial charge in [0.2, 0.25) is 0 Å². The Kier molecular flexibility index (Phi) is 8.71. The summed E-state index contributed by atoms with van der Waals surface area (Å²) in [6.07, 6.45) is 2.34. The Morgan fingerprint density at radius 1 is 1.17 bits per heavy atom. The van der Waals surface area contributed by atoms with Crippen molar-refractivity contribution in [3.05, 3.63) is 42.5 Å². The zero-order valence-corrected chi connectivity index (χ0v) is 13.3. The molecule has 0 aliphatic heterocycles. The van der Waals surface area contributed by atoms with Gasteiger partial charge in [-0.1, -0.05) is 25.1 Å². The van der Waals surface area contributed by atoms with Crippen molar-refractivity contribution in [1.29, 1.82) is 5.41 Å². The van der Waals surface area contributed by atoms with E-state index in [2.05, 4.69) is 6.92 Å². The van der Waals surface area contributed by atoms with E-state index in [0.29, 0.717) is 12.1 Å². The molecule has 0 aliphatic carbocycles. The van der Waals surface area contributed by atoms with Crippen LogP contribution in [-0.4, -0.2) is 30.8 Å². The van der Waals surface area contributed by atoms with Crippen LogP contribution in [0.2, 0.25) is 0 Å². The highest BCUT2D eigenvalue weighted by atomic mass is 32.2. The molecule has 0 unspecified atom stereocenters. The van der Waals surface area contributed by atoms with E-state index in [1.807, 2.05) is 0 Å². The van der Waals surface area contributed by atoms with Crippen molar-refractivity contribution in [2.45, 2.75) is 19.8 Å². The second kappa shape index (κ2) is 9.94. The predicted octanol–water partition coefficient (Wildman–Crippen LogP) is 2.53. The van der Waals surface area contributed by atoms with Crippen LogP contribution >= 0.6 is 11.8 Å². The van der Waals surface area contributed by atoms with Crippen LogP contribution in [0.25, 0.3) is 0 Å². The minimum Gasteiger partial charge on any atom is -0.497 e. The molecule has 4 N–H and O–H groups in total. The number of hydrogen-bond donors (Lipinski definition) is 3. The molecule has 13 heteroatoms. The van der Waals surface area contributed by atoms with Gasteiger partial charge in [0.25, 0.3) is 11.4 Å². The van der Waals surface area contributed by atoms with Gasteiger partial charge in [0.15, 0.2) is 5.17 Å². The Balaban J connectivity index is 0.000000561. The number of phenolic OH excluding ortho intramolecular Hbond substituents is 1. The molecule has 0 heterocycles. The molecule has 132 valence electrons. The van der Waals surface area contributed by atoms with E-state index in [0.717, 1.165) is 12.2 Å². The van der Waals surface area contributed by atoms with Gasteiger partial charge in [0.05, 0.1) is 26.9 Å². The fourth-order valence-corrected chi connectivity index (χ4v) is 1.95. The average Bonchev–Trinajstić information content (AvgIpc) is 2.47. The molecule has 0 aromatic heterocycles. The zero-order chi connectivity index (χ0) is 18.9. The van der Waals surface area contributed by atoms with Crippen LogP contribution in [0.1, 0.15) is 19.8 Å². The summed E-state index contributed by atoms with van der Waals surface area (Å²) in [6, 6.07) is 0.894. The quantitative estimate of drug-likeness (QED) is 0.224. The molecule has 0 radical (unpaired) electrons. The molecule has 0 fully saturated rings. The van der Waals surface area contributed by atoms with E-state index in [9.17, 15) is 30.3 Å². The van der Waals surface area contributed by atoms with E-state index in [-0.39, 0.29) is 5.17 Å². The SMILES string of the molecule is CCCCSC(=N)N.O=[N+]([O-])c1cc([N+](=O)[O-])c(O)c([N+](=O)[O-])c1. The predicted molar refractivity (Wildman–Crippen MR) is 87.4 cm³/mol. The lowest BCUT2D eigenvalue weighted by molar-refractivity contribution is -0.404. The molecule has 24 heavy (non-hydrogen) atoms. The van der Waals surface area contributed by atoms with Crippen molar-refractivity contribution in [1.82, 2.24) is 0 Å². The van der Waals surface area contributed by atoms with Gasteiger partial charge in [-0.15, -0.1) is 0 Å². The molecule has 1 aromatic carbocycles. The highest BCUT2D eigenvalue weighted by Crippen LogP contribution is 2.38. The average molecular weight is 361 g/mol. The number of nitro benzene ring substituents is 3. The Bertz CT molecular complexity index is 617. The molecule has 0 bridgehead atoms. The first-order valence-electron chi connectivity index (χ1n) is 6.38. The summed E-state index contributed by atoms with van der Waals surface area (Å²) in [6.45, 7) is 2.13. The van der Waals surface area contributed by atoms with Crippen molar-refractivity contribution in [3.63, 3.8) is 0 Å². The van der Waals surface area contributed by atoms with E-state index in [1.54, 1.807) is 0 Å². The van der Waals surface area contributed by atoms with Crippen LogP contribution in [-0.2, 0) is 0 Å². The molecule has 1 rings (SSSR count). The lowest BCUT2D eigenvalue weighted by Gasteiger charge is -1.97. The van der Waals surface area contributed by atoms with Gasteiger partial charge >= 0.3 is 11.4 Å². The zero-order valence-electron chi connectivity index (χ0n) is 12.5. The molecule has 0 aliphatic rings. The van der Waals surface area contributed by atoms with Gasteiger partial charge in [0, 0.05) is 5.75 Å². The minimum absolute atomic E-state index is 0.235. The molecule has 0 saturated carbocycles. The summed E-state index contributed by atoms with van der Waals surface area (Å²) in [5.41, 5.74) is 2.08. The number of thioether (sulfide) groups is 1. The van der Waals surface area contributed by atoms with Crippen LogP contribution < -0.4 is 5.73 Å². The number of rotatable bonds is 6. The lowest BCUT2D eigenvalue weighted by atomic mass is 10.2. The maximum atomic E-state index is 10.4. The monoisotopic (exact) mass is 361 g/mol. The first-order chi connectivity index (χ1) is 11.1. The Morgan fingerprint density at radius 2 is 1.62 bits per heavy atom.